The number of anilines is 1. The molecule has 6 nitrogen and oxygen atoms in total. The fourth-order valence-corrected chi connectivity index (χ4v) is 4.93. The average Bonchev–Trinajstić information content (AvgIpc) is 3.08. The second-order valence-corrected chi connectivity index (χ2v) is 8.05. The van der Waals surface area contributed by atoms with Gasteiger partial charge in [-0.2, -0.15) is 5.10 Å². The van der Waals surface area contributed by atoms with Gasteiger partial charge in [-0.25, -0.2) is 13.1 Å². The molecule has 2 N–H and O–H groups in total. The second kappa shape index (κ2) is 4.85. The minimum absolute atomic E-state index is 0.129. The normalized spacial score (nSPS) is 21.4. The number of aromatic nitrogens is 3. The summed E-state index contributed by atoms with van der Waals surface area (Å²) in [5.74, 6) is 0.927. The van der Waals surface area contributed by atoms with E-state index >= 15 is 0 Å². The van der Waals surface area contributed by atoms with E-state index in [-0.39, 0.29) is 17.5 Å². The quantitative estimate of drug-likeness (QED) is 0.927. The lowest BCUT2D eigenvalue weighted by molar-refractivity contribution is 0.508. The summed E-state index contributed by atoms with van der Waals surface area (Å²) in [7, 11) is -2.95. The number of thiazole rings is 1. The Balaban J connectivity index is 2.05. The van der Waals surface area contributed by atoms with Gasteiger partial charge in [0, 0.05) is 11.8 Å². The van der Waals surface area contributed by atoms with Crippen LogP contribution in [0.2, 0.25) is 0 Å². The standard InChI is InChI=1S/C12H16N4O2S2/c1-2-9-11(10-5-14-7-19-10)15-16(12(9)13)8-3-4-20(17,18)6-8/h5,7-8H,2-4,6,13H2,1H3. The summed E-state index contributed by atoms with van der Waals surface area (Å²) < 4.78 is 24.9. The van der Waals surface area contributed by atoms with Crippen LogP contribution in [0.3, 0.4) is 0 Å². The van der Waals surface area contributed by atoms with Crippen molar-refractivity contribution in [2.75, 3.05) is 17.2 Å². The maximum Gasteiger partial charge on any atom is 0.152 e. The van der Waals surface area contributed by atoms with Gasteiger partial charge in [-0.3, -0.25) is 4.98 Å². The van der Waals surface area contributed by atoms with Crippen LogP contribution in [-0.4, -0.2) is 34.7 Å². The molecule has 3 heterocycles. The van der Waals surface area contributed by atoms with Gasteiger partial charge in [-0.1, -0.05) is 6.92 Å². The summed E-state index contributed by atoms with van der Waals surface area (Å²) in [6, 6.07) is -0.146. The van der Waals surface area contributed by atoms with E-state index in [1.54, 1.807) is 16.4 Å². The van der Waals surface area contributed by atoms with Crippen LogP contribution in [-0.2, 0) is 16.3 Å². The fraction of sp³-hybridized carbons (Fsp3) is 0.500. The summed E-state index contributed by atoms with van der Waals surface area (Å²) in [5.41, 5.74) is 9.73. The Bertz CT molecular complexity index is 719. The summed E-state index contributed by atoms with van der Waals surface area (Å²) in [6.07, 6.45) is 3.11. The van der Waals surface area contributed by atoms with Crippen molar-refractivity contribution in [2.45, 2.75) is 25.8 Å². The number of nitrogen functional groups attached to an aromatic ring is 1. The summed E-state index contributed by atoms with van der Waals surface area (Å²) in [5, 5.41) is 4.57. The molecule has 0 aliphatic carbocycles. The molecule has 1 atom stereocenters. The SMILES string of the molecule is CCc1c(-c2cncs2)nn(C2CCS(=O)(=O)C2)c1N. The third-order valence-corrected chi connectivity index (χ3v) is 6.15. The molecule has 0 amide bonds. The predicted octanol–water partition coefficient (Wildman–Crippen LogP) is 1.51. The van der Waals surface area contributed by atoms with E-state index in [0.29, 0.717) is 12.2 Å². The fourth-order valence-electron chi connectivity index (χ4n) is 2.61. The minimum atomic E-state index is -2.95. The Morgan fingerprint density at radius 3 is 2.90 bits per heavy atom. The molecular formula is C12H16N4O2S2. The molecule has 0 spiro atoms. The van der Waals surface area contributed by atoms with E-state index in [2.05, 4.69) is 10.1 Å². The smallest absolute Gasteiger partial charge is 0.152 e. The van der Waals surface area contributed by atoms with Crippen molar-refractivity contribution < 1.29 is 8.42 Å². The van der Waals surface area contributed by atoms with Crippen LogP contribution in [0.4, 0.5) is 5.82 Å². The molecule has 0 aromatic carbocycles. The van der Waals surface area contributed by atoms with Crippen LogP contribution < -0.4 is 5.73 Å². The van der Waals surface area contributed by atoms with Crippen LogP contribution in [0, 0.1) is 0 Å². The number of rotatable bonds is 3. The zero-order valence-electron chi connectivity index (χ0n) is 11.1. The van der Waals surface area contributed by atoms with Gasteiger partial charge in [0.05, 0.1) is 27.9 Å². The second-order valence-electron chi connectivity index (χ2n) is 4.93. The molecule has 3 rings (SSSR count). The molecule has 2 aromatic heterocycles. The van der Waals surface area contributed by atoms with E-state index in [0.717, 1.165) is 22.6 Å². The topological polar surface area (TPSA) is 90.9 Å². The Morgan fingerprint density at radius 2 is 2.35 bits per heavy atom. The molecule has 0 saturated carbocycles. The zero-order chi connectivity index (χ0) is 14.3. The number of nitrogens with two attached hydrogens (primary N) is 1. The highest BCUT2D eigenvalue weighted by Crippen LogP contribution is 2.34. The van der Waals surface area contributed by atoms with E-state index in [9.17, 15) is 8.42 Å². The van der Waals surface area contributed by atoms with Gasteiger partial charge >= 0.3 is 0 Å². The van der Waals surface area contributed by atoms with Crippen molar-refractivity contribution in [3.63, 3.8) is 0 Å². The van der Waals surface area contributed by atoms with Crippen molar-refractivity contribution in [1.29, 1.82) is 0 Å². The molecular weight excluding hydrogens is 296 g/mol. The molecule has 2 aromatic rings. The highest BCUT2D eigenvalue weighted by atomic mass is 32.2. The Kier molecular flexibility index (Phi) is 3.29. The Hall–Kier alpha value is -1.41. The van der Waals surface area contributed by atoms with Crippen LogP contribution in [0.5, 0.6) is 0 Å². The Morgan fingerprint density at radius 1 is 1.55 bits per heavy atom. The van der Waals surface area contributed by atoms with Gasteiger partial charge in [-0.15, -0.1) is 11.3 Å². The first-order valence-corrected chi connectivity index (χ1v) is 9.18. The lowest BCUT2D eigenvalue weighted by atomic mass is 10.1. The van der Waals surface area contributed by atoms with Gasteiger partial charge in [0.15, 0.2) is 9.84 Å². The largest absolute Gasteiger partial charge is 0.384 e. The molecule has 20 heavy (non-hydrogen) atoms. The molecule has 0 radical (unpaired) electrons. The van der Waals surface area contributed by atoms with Crippen LogP contribution in [0.25, 0.3) is 10.6 Å². The van der Waals surface area contributed by atoms with Crippen molar-refractivity contribution in [3.05, 3.63) is 17.3 Å². The first kappa shape index (κ1) is 13.6. The van der Waals surface area contributed by atoms with E-state index in [1.807, 2.05) is 6.92 Å². The number of sulfone groups is 1. The monoisotopic (exact) mass is 312 g/mol. The van der Waals surface area contributed by atoms with Crippen molar-refractivity contribution in [3.8, 4) is 10.6 Å². The maximum absolute atomic E-state index is 11.6. The van der Waals surface area contributed by atoms with Crippen molar-refractivity contribution in [1.82, 2.24) is 14.8 Å². The highest BCUT2D eigenvalue weighted by Gasteiger charge is 2.32. The van der Waals surface area contributed by atoms with Gasteiger partial charge < -0.3 is 5.73 Å². The van der Waals surface area contributed by atoms with E-state index in [1.165, 1.54) is 11.3 Å². The predicted molar refractivity (Wildman–Crippen MR) is 79.4 cm³/mol. The molecule has 1 aliphatic rings. The minimum Gasteiger partial charge on any atom is -0.384 e. The first-order valence-electron chi connectivity index (χ1n) is 6.48. The molecule has 0 bridgehead atoms. The number of hydrogen-bond acceptors (Lipinski definition) is 6. The van der Waals surface area contributed by atoms with Gasteiger partial charge in [0.25, 0.3) is 0 Å². The lowest BCUT2D eigenvalue weighted by Gasteiger charge is -2.10. The van der Waals surface area contributed by atoms with Crippen LogP contribution in [0.1, 0.15) is 24.9 Å². The summed E-state index contributed by atoms with van der Waals surface area (Å²) >= 11 is 1.51. The highest BCUT2D eigenvalue weighted by molar-refractivity contribution is 7.91. The molecule has 8 heteroatoms. The zero-order valence-corrected chi connectivity index (χ0v) is 12.7. The van der Waals surface area contributed by atoms with Gasteiger partial charge in [-0.05, 0) is 12.8 Å². The maximum atomic E-state index is 11.6. The molecule has 1 aliphatic heterocycles. The lowest BCUT2D eigenvalue weighted by Crippen LogP contribution is -2.15. The molecule has 1 saturated heterocycles. The number of hydrogen-bond donors (Lipinski definition) is 1. The summed E-state index contributed by atoms with van der Waals surface area (Å²) in [4.78, 5) is 5.03. The average molecular weight is 312 g/mol. The first-order chi connectivity index (χ1) is 9.52. The third-order valence-electron chi connectivity index (χ3n) is 3.62. The van der Waals surface area contributed by atoms with Gasteiger partial charge in [0.2, 0.25) is 0 Å². The Labute approximate surface area is 121 Å². The van der Waals surface area contributed by atoms with Crippen molar-refractivity contribution in [2.24, 2.45) is 0 Å². The van der Waals surface area contributed by atoms with Crippen LogP contribution in [0.15, 0.2) is 11.7 Å². The molecule has 108 valence electrons. The third kappa shape index (κ3) is 2.22. The van der Waals surface area contributed by atoms with Crippen molar-refractivity contribution >= 4 is 27.0 Å². The number of nitrogens with zero attached hydrogens (tertiary/aromatic N) is 3. The molecule has 1 unspecified atom stereocenters. The van der Waals surface area contributed by atoms with E-state index < -0.39 is 9.84 Å². The van der Waals surface area contributed by atoms with Crippen LogP contribution >= 0.6 is 11.3 Å². The van der Waals surface area contributed by atoms with E-state index in [4.69, 9.17) is 5.73 Å². The summed E-state index contributed by atoms with van der Waals surface area (Å²) in [6.45, 7) is 2.02. The molecule has 1 fully saturated rings. The van der Waals surface area contributed by atoms with Gasteiger partial charge in [0.1, 0.15) is 11.5 Å².